The van der Waals surface area contributed by atoms with E-state index in [-0.39, 0.29) is 17.7 Å². The number of ketones is 1. The second kappa shape index (κ2) is 12.9. The molecule has 1 aliphatic heterocycles. The van der Waals surface area contributed by atoms with Crippen molar-refractivity contribution in [3.8, 4) is 22.6 Å². The summed E-state index contributed by atoms with van der Waals surface area (Å²) in [5, 5.41) is 0. The first-order chi connectivity index (χ1) is 21.0. The lowest BCUT2D eigenvalue weighted by molar-refractivity contribution is 0.0597. The number of nitrogens with zero attached hydrogens (tertiary/aromatic N) is 2. The molecule has 0 aromatic heterocycles. The van der Waals surface area contributed by atoms with Gasteiger partial charge in [0.25, 0.3) is 5.91 Å². The van der Waals surface area contributed by atoms with Gasteiger partial charge in [-0.3, -0.25) is 14.5 Å². The molecular formula is C38H34N2O3. The number of hydrogen-bond donors (Lipinski definition) is 0. The van der Waals surface area contributed by atoms with E-state index >= 15 is 0 Å². The number of benzene rings is 5. The molecule has 0 aliphatic carbocycles. The summed E-state index contributed by atoms with van der Waals surface area (Å²) in [5.41, 5.74) is 5.97. The fraction of sp³-hybridized carbons (Fsp3) is 0.158. The van der Waals surface area contributed by atoms with E-state index < -0.39 is 0 Å². The number of hydrogen-bond acceptors (Lipinski definition) is 4. The lowest BCUT2D eigenvalue weighted by Crippen LogP contribution is -2.49. The third-order valence-electron chi connectivity index (χ3n) is 8.01. The van der Waals surface area contributed by atoms with Crippen molar-refractivity contribution >= 4 is 11.7 Å². The second-order valence-electron chi connectivity index (χ2n) is 10.8. The Morgan fingerprint density at radius 2 is 1.00 bits per heavy atom. The van der Waals surface area contributed by atoms with Gasteiger partial charge in [-0.2, -0.15) is 0 Å². The third kappa shape index (κ3) is 6.58. The zero-order chi connectivity index (χ0) is 29.6. The number of piperazine rings is 1. The molecule has 5 aromatic carbocycles. The van der Waals surface area contributed by atoms with Crippen LogP contribution in [0.15, 0.2) is 133 Å². The summed E-state index contributed by atoms with van der Waals surface area (Å²) in [5.74, 6) is 1.49. The molecule has 0 radical (unpaired) electrons. The molecule has 1 aliphatic rings. The van der Waals surface area contributed by atoms with Crippen molar-refractivity contribution < 1.29 is 14.3 Å². The number of ether oxygens (including phenoxy) is 1. The molecule has 6 rings (SSSR count). The molecule has 0 atom stereocenters. The third-order valence-corrected chi connectivity index (χ3v) is 8.01. The van der Waals surface area contributed by atoms with Crippen LogP contribution in [0.2, 0.25) is 0 Å². The molecule has 1 heterocycles. The van der Waals surface area contributed by atoms with E-state index in [2.05, 4.69) is 53.4 Å². The van der Waals surface area contributed by atoms with Crippen LogP contribution in [0, 0.1) is 0 Å². The molecule has 5 nitrogen and oxygen atoms in total. The highest BCUT2D eigenvalue weighted by atomic mass is 16.5. The minimum Gasteiger partial charge on any atom is -0.457 e. The lowest BCUT2D eigenvalue weighted by Gasteiger charge is -2.39. The van der Waals surface area contributed by atoms with Gasteiger partial charge < -0.3 is 9.64 Å². The van der Waals surface area contributed by atoms with E-state index in [9.17, 15) is 9.59 Å². The van der Waals surface area contributed by atoms with Gasteiger partial charge in [0.05, 0.1) is 6.04 Å². The number of Topliss-reactive ketones (excluding diaryl/α,β-unsaturated/α-hetero) is 1. The summed E-state index contributed by atoms with van der Waals surface area (Å²) in [6.07, 6.45) is 0. The first-order valence-corrected chi connectivity index (χ1v) is 14.7. The van der Waals surface area contributed by atoms with Gasteiger partial charge in [-0.1, -0.05) is 97.1 Å². The minimum atomic E-state index is 0.0438. The molecule has 0 N–H and O–H groups in total. The first-order valence-electron chi connectivity index (χ1n) is 14.7. The summed E-state index contributed by atoms with van der Waals surface area (Å²) in [6, 6.07) is 44.1. The number of amides is 1. The molecular weight excluding hydrogens is 532 g/mol. The van der Waals surface area contributed by atoms with Gasteiger partial charge in [0.1, 0.15) is 11.5 Å². The van der Waals surface area contributed by atoms with Crippen LogP contribution >= 0.6 is 0 Å². The topological polar surface area (TPSA) is 49.9 Å². The number of rotatable bonds is 8. The van der Waals surface area contributed by atoms with Gasteiger partial charge in [0, 0.05) is 37.3 Å². The SMILES string of the molecule is CC(=O)c1ccc(-c2ccc(Oc3ccc(C(=O)N4CCN(C(c5ccccc5)c5ccccc5)CC4)cc3)cc2)cc1. The van der Waals surface area contributed by atoms with Crippen molar-refractivity contribution in [3.05, 3.63) is 156 Å². The van der Waals surface area contributed by atoms with Crippen LogP contribution in [-0.2, 0) is 0 Å². The van der Waals surface area contributed by atoms with Crippen molar-refractivity contribution in [3.63, 3.8) is 0 Å². The summed E-state index contributed by atoms with van der Waals surface area (Å²) in [4.78, 5) is 29.3. The van der Waals surface area contributed by atoms with E-state index in [1.54, 1.807) is 6.92 Å². The molecule has 1 fully saturated rings. The zero-order valence-corrected chi connectivity index (χ0v) is 24.2. The van der Waals surface area contributed by atoms with E-state index in [0.717, 1.165) is 24.2 Å². The maximum Gasteiger partial charge on any atom is 0.253 e. The van der Waals surface area contributed by atoms with Crippen molar-refractivity contribution in [2.75, 3.05) is 26.2 Å². The molecule has 0 unspecified atom stereocenters. The highest BCUT2D eigenvalue weighted by molar-refractivity contribution is 5.95. The highest BCUT2D eigenvalue weighted by Crippen LogP contribution is 2.30. The van der Waals surface area contributed by atoms with E-state index in [1.165, 1.54) is 11.1 Å². The fourth-order valence-corrected chi connectivity index (χ4v) is 5.66. The molecule has 0 saturated carbocycles. The van der Waals surface area contributed by atoms with Crippen LogP contribution in [0.25, 0.3) is 11.1 Å². The van der Waals surface area contributed by atoms with Crippen molar-refractivity contribution in [1.29, 1.82) is 0 Å². The summed E-state index contributed by atoms with van der Waals surface area (Å²) >= 11 is 0. The minimum absolute atomic E-state index is 0.0438. The largest absolute Gasteiger partial charge is 0.457 e. The lowest BCUT2D eigenvalue weighted by atomic mass is 9.96. The number of carbonyl (C=O) groups excluding carboxylic acids is 2. The van der Waals surface area contributed by atoms with E-state index in [4.69, 9.17) is 4.74 Å². The molecule has 5 heteroatoms. The Balaban J connectivity index is 1.06. The number of carbonyl (C=O) groups is 2. The fourth-order valence-electron chi connectivity index (χ4n) is 5.66. The van der Waals surface area contributed by atoms with E-state index in [1.807, 2.05) is 89.8 Å². The molecule has 5 aromatic rings. The quantitative estimate of drug-likeness (QED) is 0.179. The maximum absolute atomic E-state index is 13.4. The average Bonchev–Trinajstić information content (AvgIpc) is 3.07. The Morgan fingerprint density at radius 1 is 0.558 bits per heavy atom. The normalized spacial score (nSPS) is 13.6. The van der Waals surface area contributed by atoms with Crippen molar-refractivity contribution in [1.82, 2.24) is 9.80 Å². The van der Waals surface area contributed by atoms with Crippen LogP contribution in [-0.4, -0.2) is 47.7 Å². The van der Waals surface area contributed by atoms with Crippen LogP contribution in [0.4, 0.5) is 0 Å². The van der Waals surface area contributed by atoms with Crippen LogP contribution in [0.5, 0.6) is 11.5 Å². The predicted molar refractivity (Wildman–Crippen MR) is 171 cm³/mol. The van der Waals surface area contributed by atoms with Crippen molar-refractivity contribution in [2.45, 2.75) is 13.0 Å². The van der Waals surface area contributed by atoms with Crippen molar-refractivity contribution in [2.24, 2.45) is 0 Å². The maximum atomic E-state index is 13.4. The highest BCUT2D eigenvalue weighted by Gasteiger charge is 2.28. The van der Waals surface area contributed by atoms with Gasteiger partial charge in [-0.05, 0) is 65.6 Å². The molecule has 1 amide bonds. The Kier molecular flexibility index (Phi) is 8.43. The smallest absolute Gasteiger partial charge is 0.253 e. The monoisotopic (exact) mass is 566 g/mol. The Hall–Kier alpha value is -5.00. The molecule has 0 spiro atoms. The Morgan fingerprint density at radius 3 is 1.49 bits per heavy atom. The van der Waals surface area contributed by atoms with Crippen LogP contribution in [0.1, 0.15) is 44.8 Å². The first kappa shape index (κ1) is 28.1. The Bertz CT molecular complexity index is 1620. The zero-order valence-electron chi connectivity index (χ0n) is 24.2. The summed E-state index contributed by atoms with van der Waals surface area (Å²) in [7, 11) is 0. The molecule has 214 valence electrons. The summed E-state index contributed by atoms with van der Waals surface area (Å²) in [6.45, 7) is 4.53. The van der Waals surface area contributed by atoms with E-state index in [0.29, 0.717) is 35.7 Å². The van der Waals surface area contributed by atoms with Crippen LogP contribution < -0.4 is 4.74 Å². The van der Waals surface area contributed by atoms with Gasteiger partial charge in [-0.15, -0.1) is 0 Å². The van der Waals surface area contributed by atoms with Gasteiger partial charge in [-0.25, -0.2) is 0 Å². The standard InChI is InChI=1S/C38H34N2O3/c1-28(41)29-12-14-30(15-13-29)31-16-20-35(21-17-31)43-36-22-18-34(19-23-36)38(42)40-26-24-39(25-27-40)37(32-8-4-2-5-9-32)33-10-6-3-7-11-33/h2-23,37H,24-27H2,1H3. The summed E-state index contributed by atoms with van der Waals surface area (Å²) < 4.78 is 6.05. The van der Waals surface area contributed by atoms with Gasteiger partial charge in [0.15, 0.2) is 5.78 Å². The molecule has 0 bridgehead atoms. The predicted octanol–water partition coefficient (Wildman–Crippen LogP) is 7.90. The average molecular weight is 567 g/mol. The molecule has 43 heavy (non-hydrogen) atoms. The molecule has 1 saturated heterocycles. The van der Waals surface area contributed by atoms with Gasteiger partial charge in [0.2, 0.25) is 0 Å². The second-order valence-corrected chi connectivity index (χ2v) is 10.8. The Labute approximate surface area is 253 Å². The van der Waals surface area contributed by atoms with Gasteiger partial charge >= 0.3 is 0 Å². The van der Waals surface area contributed by atoms with Crippen LogP contribution in [0.3, 0.4) is 0 Å².